The number of hydrogen-bond donors (Lipinski definition) is 0. The first-order valence-electron chi connectivity index (χ1n) is 16.2. The highest BCUT2D eigenvalue weighted by Crippen LogP contribution is 2.33. The molecule has 0 N–H and O–H groups in total. The van der Waals surface area contributed by atoms with E-state index in [4.69, 9.17) is 18.9 Å². The SMILES string of the molecule is CCCCCCCCCCCCOc1cc(C(=O)OC)c(C(=O)OC)cc1OCCCCCCCCCCCC. The van der Waals surface area contributed by atoms with Crippen molar-refractivity contribution in [2.45, 2.75) is 142 Å². The van der Waals surface area contributed by atoms with E-state index in [0.717, 1.165) is 25.7 Å². The van der Waals surface area contributed by atoms with Crippen molar-refractivity contribution < 1.29 is 28.5 Å². The van der Waals surface area contributed by atoms with Gasteiger partial charge in [0.05, 0.1) is 38.6 Å². The third-order valence-corrected chi connectivity index (χ3v) is 7.41. The molecule has 0 bridgehead atoms. The summed E-state index contributed by atoms with van der Waals surface area (Å²) in [5.41, 5.74) is 0.248. The van der Waals surface area contributed by atoms with E-state index in [1.54, 1.807) is 12.1 Å². The molecule has 0 aliphatic rings. The van der Waals surface area contributed by atoms with Crippen molar-refractivity contribution in [2.24, 2.45) is 0 Å². The quantitative estimate of drug-likeness (QED) is 0.0826. The number of ether oxygens (including phenoxy) is 4. The fourth-order valence-electron chi connectivity index (χ4n) is 4.89. The Balaban J connectivity index is 2.58. The number of benzene rings is 1. The fourth-order valence-corrected chi connectivity index (χ4v) is 4.89. The van der Waals surface area contributed by atoms with Crippen molar-refractivity contribution in [3.8, 4) is 11.5 Å². The Labute approximate surface area is 244 Å². The summed E-state index contributed by atoms with van der Waals surface area (Å²) in [6.07, 6.45) is 25.0. The number of methoxy groups -OCH3 is 2. The molecule has 0 spiro atoms. The summed E-state index contributed by atoms with van der Waals surface area (Å²) in [5, 5.41) is 0. The van der Waals surface area contributed by atoms with Gasteiger partial charge >= 0.3 is 11.9 Å². The number of esters is 2. The van der Waals surface area contributed by atoms with Crippen LogP contribution in [0.3, 0.4) is 0 Å². The molecule has 1 aromatic carbocycles. The molecule has 0 unspecified atom stereocenters. The summed E-state index contributed by atoms with van der Waals surface area (Å²) in [7, 11) is 2.59. The highest BCUT2D eigenvalue weighted by atomic mass is 16.5. The van der Waals surface area contributed by atoms with Crippen LogP contribution in [-0.4, -0.2) is 39.4 Å². The first kappa shape index (κ1) is 35.8. The molecule has 0 saturated heterocycles. The Bertz CT molecular complexity index is 726. The van der Waals surface area contributed by atoms with Gasteiger partial charge in [-0.1, -0.05) is 129 Å². The minimum absolute atomic E-state index is 0.124. The van der Waals surface area contributed by atoms with Gasteiger partial charge in [0, 0.05) is 0 Å². The topological polar surface area (TPSA) is 71.1 Å². The molecule has 0 amide bonds. The standard InChI is InChI=1S/C34H58O6/c1-5-7-9-11-13-15-17-19-21-23-25-39-31-27-29(33(35)37-3)30(34(36)38-4)28-32(31)40-26-24-22-20-18-16-14-12-10-8-6-2/h27-28H,5-26H2,1-4H3. The van der Waals surface area contributed by atoms with E-state index in [1.807, 2.05) is 0 Å². The van der Waals surface area contributed by atoms with E-state index in [0.29, 0.717) is 24.7 Å². The average molecular weight is 563 g/mol. The van der Waals surface area contributed by atoms with Crippen LogP contribution < -0.4 is 9.47 Å². The lowest BCUT2D eigenvalue weighted by Gasteiger charge is -2.16. The van der Waals surface area contributed by atoms with Gasteiger partial charge in [0.15, 0.2) is 11.5 Å². The van der Waals surface area contributed by atoms with Crippen molar-refractivity contribution in [1.29, 1.82) is 0 Å². The zero-order chi connectivity index (χ0) is 29.3. The van der Waals surface area contributed by atoms with E-state index in [1.165, 1.54) is 117 Å². The second-order valence-electron chi connectivity index (χ2n) is 10.9. The van der Waals surface area contributed by atoms with Gasteiger partial charge in [0.1, 0.15) is 0 Å². The van der Waals surface area contributed by atoms with Gasteiger partial charge in [-0.15, -0.1) is 0 Å². The molecule has 230 valence electrons. The highest BCUT2D eigenvalue weighted by molar-refractivity contribution is 6.04. The first-order valence-corrected chi connectivity index (χ1v) is 16.2. The summed E-state index contributed by atoms with van der Waals surface area (Å²) < 4.78 is 22.0. The predicted molar refractivity (Wildman–Crippen MR) is 164 cm³/mol. The number of rotatable bonds is 26. The molecule has 0 radical (unpaired) electrons. The minimum Gasteiger partial charge on any atom is -0.490 e. The van der Waals surface area contributed by atoms with E-state index in [9.17, 15) is 9.59 Å². The molecule has 0 atom stereocenters. The molecular weight excluding hydrogens is 504 g/mol. The fraction of sp³-hybridized carbons (Fsp3) is 0.765. The van der Waals surface area contributed by atoms with E-state index >= 15 is 0 Å². The van der Waals surface area contributed by atoms with Gasteiger partial charge in [-0.25, -0.2) is 9.59 Å². The molecule has 40 heavy (non-hydrogen) atoms. The zero-order valence-electron chi connectivity index (χ0n) is 26.2. The van der Waals surface area contributed by atoms with Crippen molar-refractivity contribution in [1.82, 2.24) is 0 Å². The van der Waals surface area contributed by atoms with Crippen LogP contribution >= 0.6 is 0 Å². The normalized spacial score (nSPS) is 10.9. The molecule has 1 rings (SSSR count). The largest absolute Gasteiger partial charge is 0.490 e. The van der Waals surface area contributed by atoms with Crippen molar-refractivity contribution in [2.75, 3.05) is 27.4 Å². The van der Waals surface area contributed by atoms with E-state index < -0.39 is 11.9 Å². The molecule has 0 aliphatic carbocycles. The molecule has 6 nitrogen and oxygen atoms in total. The van der Waals surface area contributed by atoms with Crippen LogP contribution in [0.2, 0.25) is 0 Å². The second kappa shape index (κ2) is 24.5. The predicted octanol–water partition coefficient (Wildman–Crippen LogP) is 9.86. The number of hydrogen-bond acceptors (Lipinski definition) is 6. The van der Waals surface area contributed by atoms with Crippen LogP contribution in [0, 0.1) is 0 Å². The van der Waals surface area contributed by atoms with Crippen LogP contribution in [0.15, 0.2) is 12.1 Å². The summed E-state index contributed by atoms with van der Waals surface area (Å²) in [5.74, 6) is -0.275. The Morgan fingerprint density at radius 2 is 0.750 bits per heavy atom. The maximum absolute atomic E-state index is 12.4. The van der Waals surface area contributed by atoms with Gasteiger partial charge in [-0.3, -0.25) is 0 Å². The Morgan fingerprint density at radius 3 is 1.02 bits per heavy atom. The van der Waals surface area contributed by atoms with Crippen LogP contribution in [0.4, 0.5) is 0 Å². The van der Waals surface area contributed by atoms with E-state index in [-0.39, 0.29) is 11.1 Å². The van der Waals surface area contributed by atoms with Gasteiger partial charge in [-0.05, 0) is 25.0 Å². The number of unbranched alkanes of at least 4 members (excludes halogenated alkanes) is 18. The number of carbonyl (C=O) groups excluding carboxylic acids is 2. The van der Waals surface area contributed by atoms with Crippen molar-refractivity contribution in [3.05, 3.63) is 23.3 Å². The van der Waals surface area contributed by atoms with Crippen LogP contribution in [0.25, 0.3) is 0 Å². The molecule has 0 fully saturated rings. The van der Waals surface area contributed by atoms with Crippen LogP contribution in [0.5, 0.6) is 11.5 Å². The van der Waals surface area contributed by atoms with Gasteiger partial charge in [0.25, 0.3) is 0 Å². The average Bonchev–Trinajstić information content (AvgIpc) is 2.97. The molecular formula is C34H58O6. The van der Waals surface area contributed by atoms with Crippen molar-refractivity contribution in [3.63, 3.8) is 0 Å². The molecule has 0 heterocycles. The molecule has 0 saturated carbocycles. The lowest BCUT2D eigenvalue weighted by Crippen LogP contribution is -2.13. The van der Waals surface area contributed by atoms with Crippen LogP contribution in [0.1, 0.15) is 163 Å². The smallest absolute Gasteiger partial charge is 0.338 e. The molecule has 0 aliphatic heterocycles. The van der Waals surface area contributed by atoms with Crippen LogP contribution in [-0.2, 0) is 9.47 Å². The van der Waals surface area contributed by atoms with Gasteiger partial charge in [0.2, 0.25) is 0 Å². The Kier molecular flexibility index (Phi) is 22.0. The molecule has 1 aromatic rings. The van der Waals surface area contributed by atoms with Gasteiger partial charge < -0.3 is 18.9 Å². The Hall–Kier alpha value is -2.24. The lowest BCUT2D eigenvalue weighted by molar-refractivity contribution is 0.0554. The third-order valence-electron chi connectivity index (χ3n) is 7.41. The molecule has 0 aromatic heterocycles. The second-order valence-corrected chi connectivity index (χ2v) is 10.9. The first-order chi connectivity index (χ1) is 19.6. The van der Waals surface area contributed by atoms with E-state index in [2.05, 4.69) is 13.8 Å². The van der Waals surface area contributed by atoms with Crippen molar-refractivity contribution >= 4 is 11.9 Å². The maximum Gasteiger partial charge on any atom is 0.338 e. The summed E-state index contributed by atoms with van der Waals surface area (Å²) in [4.78, 5) is 24.8. The molecule has 6 heteroatoms. The van der Waals surface area contributed by atoms with Gasteiger partial charge in [-0.2, -0.15) is 0 Å². The zero-order valence-corrected chi connectivity index (χ0v) is 26.2. The maximum atomic E-state index is 12.4. The minimum atomic E-state index is -0.606. The Morgan fingerprint density at radius 1 is 0.475 bits per heavy atom. The number of carbonyl (C=O) groups is 2. The summed E-state index contributed by atoms with van der Waals surface area (Å²) in [6.45, 7) is 5.56. The highest BCUT2D eigenvalue weighted by Gasteiger charge is 2.23. The third kappa shape index (κ3) is 16.1. The lowest BCUT2D eigenvalue weighted by atomic mass is 10.1. The summed E-state index contributed by atoms with van der Waals surface area (Å²) in [6, 6.07) is 3.12. The monoisotopic (exact) mass is 562 g/mol. The summed E-state index contributed by atoms with van der Waals surface area (Å²) >= 11 is 0.